The highest BCUT2D eigenvalue weighted by molar-refractivity contribution is 7.10. The molecule has 2 atom stereocenters. The average molecular weight is 413 g/mol. The van der Waals surface area contributed by atoms with E-state index in [1.807, 2.05) is 47.8 Å². The molecular formula is C23H24O5S. The van der Waals surface area contributed by atoms with Crippen LogP contribution in [0.15, 0.2) is 81.8 Å². The molecule has 2 heterocycles. The van der Waals surface area contributed by atoms with Gasteiger partial charge in [0.25, 0.3) is 0 Å². The molecule has 1 aromatic carbocycles. The number of ether oxygens (including phenoxy) is 1. The molecule has 6 heteroatoms. The van der Waals surface area contributed by atoms with Crippen LogP contribution in [0.1, 0.15) is 41.4 Å². The number of rotatable bonds is 10. The molecule has 29 heavy (non-hydrogen) atoms. The zero-order valence-electron chi connectivity index (χ0n) is 15.9. The Bertz CT molecular complexity index is 923. The van der Waals surface area contributed by atoms with Crippen LogP contribution in [0.2, 0.25) is 0 Å². The molecule has 0 radical (unpaired) electrons. The van der Waals surface area contributed by atoms with E-state index >= 15 is 0 Å². The van der Waals surface area contributed by atoms with Crippen molar-refractivity contribution < 1.29 is 24.5 Å². The highest BCUT2D eigenvalue weighted by Crippen LogP contribution is 2.25. The molecule has 0 aliphatic heterocycles. The zero-order valence-corrected chi connectivity index (χ0v) is 16.7. The molecule has 3 rings (SSSR count). The van der Waals surface area contributed by atoms with E-state index in [2.05, 4.69) is 5.73 Å². The van der Waals surface area contributed by atoms with Crippen molar-refractivity contribution in [2.24, 2.45) is 0 Å². The molecule has 5 nitrogen and oxygen atoms in total. The second kappa shape index (κ2) is 10.8. The maximum Gasteiger partial charge on any atom is 0.133 e. The predicted molar refractivity (Wildman–Crippen MR) is 112 cm³/mol. The van der Waals surface area contributed by atoms with Crippen molar-refractivity contribution in [1.82, 2.24) is 0 Å². The van der Waals surface area contributed by atoms with E-state index in [4.69, 9.17) is 14.3 Å². The lowest BCUT2D eigenvalue weighted by molar-refractivity contribution is 0.145. The van der Waals surface area contributed by atoms with Crippen molar-refractivity contribution in [3.63, 3.8) is 0 Å². The van der Waals surface area contributed by atoms with Crippen LogP contribution >= 0.6 is 11.3 Å². The van der Waals surface area contributed by atoms with Gasteiger partial charge in [0.05, 0.1) is 6.10 Å². The highest BCUT2D eigenvalue weighted by Gasteiger charge is 2.13. The maximum atomic E-state index is 10.5. The average Bonchev–Trinajstić information content (AvgIpc) is 3.44. The molecule has 0 aliphatic carbocycles. The summed E-state index contributed by atoms with van der Waals surface area (Å²) in [5.41, 5.74) is 3.95. The summed E-state index contributed by atoms with van der Waals surface area (Å²) in [6.45, 7) is 0.0818. The molecule has 0 unspecified atom stereocenters. The normalized spacial score (nSPS) is 12.8. The number of benzene rings is 1. The van der Waals surface area contributed by atoms with Crippen LogP contribution in [0, 0.1) is 0 Å². The van der Waals surface area contributed by atoms with Gasteiger partial charge in [0.15, 0.2) is 0 Å². The van der Waals surface area contributed by atoms with E-state index in [-0.39, 0.29) is 13.2 Å². The van der Waals surface area contributed by atoms with Crippen molar-refractivity contribution in [2.45, 2.75) is 31.7 Å². The zero-order chi connectivity index (χ0) is 20.5. The van der Waals surface area contributed by atoms with E-state index in [1.54, 1.807) is 18.2 Å². The predicted octanol–water partition coefficient (Wildman–Crippen LogP) is 4.54. The number of para-hydroxylation sites is 1. The fraction of sp³-hybridized carbons (Fsp3) is 0.261. The third kappa shape index (κ3) is 6.46. The number of thiophene rings is 1. The van der Waals surface area contributed by atoms with Gasteiger partial charge in [-0.05, 0) is 41.8 Å². The summed E-state index contributed by atoms with van der Waals surface area (Å²) in [4.78, 5) is 0.885. The van der Waals surface area contributed by atoms with Crippen molar-refractivity contribution in [3.8, 4) is 5.75 Å². The standard InChI is InChI=1S/C23H24O5S/c24-15-19-11-12-22(28-19)20(25)9-4-6-17(14-21(26)23-10-5-13-29-23)16-27-18-7-2-1-3-8-18/h1-5,7-8,10-13,20-21,24-26H,9,14-16H2/t6?,20-,21-/m1/s1. The largest absolute Gasteiger partial charge is 0.489 e. The van der Waals surface area contributed by atoms with Gasteiger partial charge >= 0.3 is 0 Å². The third-order valence-electron chi connectivity index (χ3n) is 4.28. The van der Waals surface area contributed by atoms with Gasteiger partial charge in [-0.15, -0.1) is 17.1 Å². The van der Waals surface area contributed by atoms with Crippen molar-refractivity contribution >= 4 is 11.3 Å². The third-order valence-corrected chi connectivity index (χ3v) is 5.26. The molecule has 3 N–H and O–H groups in total. The summed E-state index contributed by atoms with van der Waals surface area (Å²) in [6.07, 6.45) is 0.933. The number of aliphatic hydroxyl groups excluding tert-OH is 3. The number of furan rings is 1. The molecule has 0 bridgehead atoms. The molecule has 0 saturated carbocycles. The van der Waals surface area contributed by atoms with Crippen LogP contribution in [-0.4, -0.2) is 21.9 Å². The number of aliphatic hydroxyl groups is 3. The molecule has 0 fully saturated rings. The molecule has 0 saturated heterocycles. The Balaban J connectivity index is 1.68. The van der Waals surface area contributed by atoms with Gasteiger partial charge < -0.3 is 24.5 Å². The van der Waals surface area contributed by atoms with E-state index in [1.165, 1.54) is 11.3 Å². The molecule has 3 aromatic rings. The fourth-order valence-corrected chi connectivity index (χ4v) is 3.46. The summed E-state index contributed by atoms with van der Waals surface area (Å²) in [5, 5.41) is 31.7. The van der Waals surface area contributed by atoms with Crippen LogP contribution in [0.5, 0.6) is 5.75 Å². The van der Waals surface area contributed by atoms with Crippen molar-refractivity contribution in [1.29, 1.82) is 0 Å². The highest BCUT2D eigenvalue weighted by atomic mass is 32.1. The molecule has 0 aliphatic rings. The summed E-state index contributed by atoms with van der Waals surface area (Å²) in [6, 6.07) is 16.5. The minimum atomic E-state index is -0.832. The molecule has 2 aromatic heterocycles. The van der Waals surface area contributed by atoms with Crippen LogP contribution in [-0.2, 0) is 6.61 Å². The Morgan fingerprint density at radius 1 is 1.07 bits per heavy atom. The number of hydrogen-bond donors (Lipinski definition) is 3. The van der Waals surface area contributed by atoms with Gasteiger partial charge in [0.1, 0.15) is 36.6 Å². The van der Waals surface area contributed by atoms with Gasteiger partial charge in [0.2, 0.25) is 0 Å². The van der Waals surface area contributed by atoms with E-state index in [0.29, 0.717) is 24.4 Å². The van der Waals surface area contributed by atoms with E-state index < -0.39 is 12.2 Å². The topological polar surface area (TPSA) is 83.1 Å². The summed E-state index contributed by atoms with van der Waals surface area (Å²) in [5.74, 6) is 1.55. The Kier molecular flexibility index (Phi) is 7.87. The summed E-state index contributed by atoms with van der Waals surface area (Å²) in [7, 11) is 0. The minimum Gasteiger partial charge on any atom is -0.489 e. The molecule has 0 amide bonds. The second-order valence-electron chi connectivity index (χ2n) is 6.50. The van der Waals surface area contributed by atoms with Gasteiger partial charge in [-0.25, -0.2) is 0 Å². The van der Waals surface area contributed by atoms with Gasteiger partial charge in [0, 0.05) is 23.3 Å². The van der Waals surface area contributed by atoms with Gasteiger partial charge in [-0.2, -0.15) is 0 Å². The van der Waals surface area contributed by atoms with Crippen LogP contribution in [0.4, 0.5) is 0 Å². The number of hydrogen-bond acceptors (Lipinski definition) is 6. The van der Waals surface area contributed by atoms with Crippen LogP contribution in [0.3, 0.4) is 0 Å². The van der Waals surface area contributed by atoms with Crippen LogP contribution in [0.25, 0.3) is 0 Å². The monoisotopic (exact) mass is 412 g/mol. The Hall–Kier alpha value is -2.60. The first kappa shape index (κ1) is 21.1. The minimum absolute atomic E-state index is 0.204. The lowest BCUT2D eigenvalue weighted by Crippen LogP contribution is -2.05. The van der Waals surface area contributed by atoms with Crippen LogP contribution < -0.4 is 4.74 Å². The van der Waals surface area contributed by atoms with E-state index in [0.717, 1.165) is 16.2 Å². The Morgan fingerprint density at radius 2 is 1.90 bits per heavy atom. The van der Waals surface area contributed by atoms with E-state index in [9.17, 15) is 10.2 Å². The summed E-state index contributed by atoms with van der Waals surface area (Å²) < 4.78 is 11.2. The first-order valence-corrected chi connectivity index (χ1v) is 10.2. The van der Waals surface area contributed by atoms with Gasteiger partial charge in [-0.3, -0.25) is 0 Å². The van der Waals surface area contributed by atoms with Crippen molar-refractivity contribution in [2.75, 3.05) is 6.61 Å². The fourth-order valence-electron chi connectivity index (χ4n) is 2.75. The first-order chi connectivity index (χ1) is 14.2. The maximum absolute atomic E-state index is 10.5. The second-order valence-corrected chi connectivity index (χ2v) is 7.48. The lowest BCUT2D eigenvalue weighted by atomic mass is 10.1. The smallest absolute Gasteiger partial charge is 0.133 e. The SMILES string of the molecule is OCc1ccc([C@H](O)CC=C=C(COc2ccccc2)C[C@@H](O)c2cccs2)o1. The van der Waals surface area contributed by atoms with Crippen molar-refractivity contribution in [3.05, 3.63) is 93.8 Å². The Morgan fingerprint density at radius 3 is 2.59 bits per heavy atom. The molecule has 152 valence electrons. The quantitative estimate of drug-likeness (QED) is 0.426. The summed E-state index contributed by atoms with van der Waals surface area (Å²) >= 11 is 1.50. The first-order valence-electron chi connectivity index (χ1n) is 9.35. The lowest BCUT2D eigenvalue weighted by Gasteiger charge is -2.12. The molecular weight excluding hydrogens is 388 g/mol. The Labute approximate surface area is 173 Å². The van der Waals surface area contributed by atoms with Gasteiger partial charge in [-0.1, -0.05) is 24.3 Å². The molecule has 0 spiro atoms.